The van der Waals surface area contributed by atoms with E-state index < -0.39 is 0 Å². The van der Waals surface area contributed by atoms with E-state index >= 15 is 0 Å². The molecular formula is C14H20N4. The molecule has 1 aliphatic heterocycles. The second kappa shape index (κ2) is 4.61. The van der Waals surface area contributed by atoms with Crippen LogP contribution in [0.1, 0.15) is 13.3 Å². The van der Waals surface area contributed by atoms with Gasteiger partial charge in [-0.2, -0.15) is 0 Å². The van der Waals surface area contributed by atoms with Gasteiger partial charge in [0.2, 0.25) is 0 Å². The van der Waals surface area contributed by atoms with E-state index in [9.17, 15) is 0 Å². The molecule has 0 spiro atoms. The molecule has 96 valence electrons. The highest BCUT2D eigenvalue weighted by Crippen LogP contribution is 2.27. The summed E-state index contributed by atoms with van der Waals surface area (Å²) < 4.78 is 2.16. The normalized spacial score (nSPS) is 24.7. The molecule has 2 unspecified atom stereocenters. The molecule has 1 fully saturated rings. The predicted octanol–water partition coefficient (Wildman–Crippen LogP) is 1.76. The summed E-state index contributed by atoms with van der Waals surface area (Å²) in [6, 6.07) is 6.28. The molecule has 2 N–H and O–H groups in total. The Balaban J connectivity index is 1.93. The third kappa shape index (κ3) is 1.86. The fourth-order valence-electron chi connectivity index (χ4n) is 2.85. The van der Waals surface area contributed by atoms with E-state index in [0.717, 1.165) is 31.2 Å². The molecule has 2 aromatic heterocycles. The van der Waals surface area contributed by atoms with Crippen molar-refractivity contribution in [3.63, 3.8) is 0 Å². The number of anilines is 1. The molecule has 0 saturated carbocycles. The first-order valence-corrected chi connectivity index (χ1v) is 6.66. The minimum atomic E-state index is 0.595. The molecule has 18 heavy (non-hydrogen) atoms. The van der Waals surface area contributed by atoms with Crippen molar-refractivity contribution in [2.75, 3.05) is 24.5 Å². The number of imidazole rings is 1. The Bertz CT molecular complexity index is 533. The minimum Gasteiger partial charge on any atom is -0.357 e. The summed E-state index contributed by atoms with van der Waals surface area (Å²) in [5.41, 5.74) is 6.89. The van der Waals surface area contributed by atoms with E-state index in [2.05, 4.69) is 33.3 Å². The highest BCUT2D eigenvalue weighted by molar-refractivity contribution is 5.51. The van der Waals surface area contributed by atoms with Crippen molar-refractivity contribution in [3.05, 3.63) is 30.6 Å². The zero-order chi connectivity index (χ0) is 12.5. The summed E-state index contributed by atoms with van der Waals surface area (Å²) in [4.78, 5) is 6.78. The lowest BCUT2D eigenvalue weighted by molar-refractivity contribution is 0.306. The van der Waals surface area contributed by atoms with Gasteiger partial charge in [0.05, 0.1) is 0 Å². The number of piperidine rings is 1. The van der Waals surface area contributed by atoms with Crippen molar-refractivity contribution >= 4 is 11.5 Å². The van der Waals surface area contributed by atoms with Crippen LogP contribution in [0.15, 0.2) is 30.6 Å². The summed E-state index contributed by atoms with van der Waals surface area (Å²) in [5.74, 6) is 2.56. The summed E-state index contributed by atoms with van der Waals surface area (Å²) in [6.07, 6.45) is 5.10. The van der Waals surface area contributed by atoms with Gasteiger partial charge in [-0.1, -0.05) is 13.0 Å². The molecule has 1 saturated heterocycles. The molecule has 0 radical (unpaired) electrons. The summed E-state index contributed by atoms with van der Waals surface area (Å²) in [5, 5.41) is 0. The van der Waals surface area contributed by atoms with E-state index in [-0.39, 0.29) is 0 Å². The van der Waals surface area contributed by atoms with Gasteiger partial charge in [-0.05, 0) is 36.9 Å². The first kappa shape index (κ1) is 11.5. The molecule has 3 heterocycles. The predicted molar refractivity (Wildman–Crippen MR) is 73.7 cm³/mol. The van der Waals surface area contributed by atoms with Crippen LogP contribution in [0.4, 0.5) is 5.82 Å². The molecule has 4 heteroatoms. The van der Waals surface area contributed by atoms with E-state index in [1.807, 2.05) is 18.5 Å². The molecule has 2 aromatic rings. The Kier molecular flexibility index (Phi) is 2.96. The highest BCUT2D eigenvalue weighted by atomic mass is 15.2. The van der Waals surface area contributed by atoms with Crippen molar-refractivity contribution in [3.8, 4) is 0 Å². The van der Waals surface area contributed by atoms with Gasteiger partial charge in [0.25, 0.3) is 0 Å². The molecule has 1 aliphatic rings. The lowest BCUT2D eigenvalue weighted by Gasteiger charge is -2.38. The van der Waals surface area contributed by atoms with Crippen LogP contribution in [0.3, 0.4) is 0 Å². The Labute approximate surface area is 107 Å². The van der Waals surface area contributed by atoms with Crippen molar-refractivity contribution < 1.29 is 0 Å². The van der Waals surface area contributed by atoms with Crippen LogP contribution >= 0.6 is 0 Å². The number of fused-ring (bicyclic) bond motifs is 1. The van der Waals surface area contributed by atoms with E-state index in [1.165, 1.54) is 12.2 Å². The number of nitrogens with two attached hydrogens (primary N) is 1. The van der Waals surface area contributed by atoms with Gasteiger partial charge < -0.3 is 10.6 Å². The Morgan fingerprint density at radius 3 is 3.17 bits per heavy atom. The molecule has 3 rings (SSSR count). The van der Waals surface area contributed by atoms with Gasteiger partial charge in [-0.15, -0.1) is 0 Å². The second-order valence-corrected chi connectivity index (χ2v) is 5.25. The fourth-order valence-corrected chi connectivity index (χ4v) is 2.85. The second-order valence-electron chi connectivity index (χ2n) is 5.25. The topological polar surface area (TPSA) is 46.6 Å². The van der Waals surface area contributed by atoms with Gasteiger partial charge in [0.1, 0.15) is 11.5 Å². The third-order valence-corrected chi connectivity index (χ3v) is 4.15. The third-order valence-electron chi connectivity index (χ3n) is 4.15. The van der Waals surface area contributed by atoms with Crippen molar-refractivity contribution in [1.82, 2.24) is 9.38 Å². The average Bonchev–Trinajstić information content (AvgIpc) is 2.87. The Morgan fingerprint density at radius 2 is 2.33 bits per heavy atom. The smallest absolute Gasteiger partial charge is 0.138 e. The quantitative estimate of drug-likeness (QED) is 0.875. The lowest BCUT2D eigenvalue weighted by atomic mass is 9.87. The lowest BCUT2D eigenvalue weighted by Crippen LogP contribution is -2.43. The summed E-state index contributed by atoms with van der Waals surface area (Å²) >= 11 is 0. The van der Waals surface area contributed by atoms with Crippen LogP contribution in [0, 0.1) is 11.8 Å². The summed E-state index contributed by atoms with van der Waals surface area (Å²) in [7, 11) is 0. The number of rotatable bonds is 2. The molecule has 0 bridgehead atoms. The molecule has 0 amide bonds. The Hall–Kier alpha value is -1.55. The van der Waals surface area contributed by atoms with Gasteiger partial charge in [-0.25, -0.2) is 4.98 Å². The standard InChI is InChI=1S/C14H20N4/c1-11-5-7-17(10-12(11)9-15)14-4-2-3-13-16-6-8-18(13)14/h2-4,6,8,11-12H,5,7,9-10,15H2,1H3. The van der Waals surface area contributed by atoms with Crippen LogP contribution in [0.5, 0.6) is 0 Å². The maximum Gasteiger partial charge on any atom is 0.138 e. The molecule has 4 nitrogen and oxygen atoms in total. The van der Waals surface area contributed by atoms with Crippen molar-refractivity contribution in [2.24, 2.45) is 17.6 Å². The molecular weight excluding hydrogens is 224 g/mol. The first-order chi connectivity index (χ1) is 8.79. The van der Waals surface area contributed by atoms with Crippen molar-refractivity contribution in [1.29, 1.82) is 0 Å². The van der Waals surface area contributed by atoms with E-state index in [1.54, 1.807) is 0 Å². The maximum absolute atomic E-state index is 5.88. The minimum absolute atomic E-state index is 0.595. The zero-order valence-electron chi connectivity index (χ0n) is 10.8. The van der Waals surface area contributed by atoms with Gasteiger partial charge >= 0.3 is 0 Å². The van der Waals surface area contributed by atoms with Crippen molar-refractivity contribution in [2.45, 2.75) is 13.3 Å². The zero-order valence-corrected chi connectivity index (χ0v) is 10.8. The van der Waals surface area contributed by atoms with Gasteiger partial charge in [0, 0.05) is 25.5 Å². The van der Waals surface area contributed by atoms with Crippen LogP contribution < -0.4 is 10.6 Å². The van der Waals surface area contributed by atoms with Gasteiger partial charge in [-0.3, -0.25) is 4.40 Å². The molecule has 0 aliphatic carbocycles. The van der Waals surface area contributed by atoms with Crippen LogP contribution in [-0.4, -0.2) is 29.0 Å². The SMILES string of the molecule is CC1CCN(c2cccc3nccn23)CC1CN. The van der Waals surface area contributed by atoms with Gasteiger partial charge in [0.15, 0.2) is 0 Å². The molecule has 2 atom stereocenters. The van der Waals surface area contributed by atoms with Crippen LogP contribution in [0.25, 0.3) is 5.65 Å². The Morgan fingerprint density at radius 1 is 1.44 bits per heavy atom. The highest BCUT2D eigenvalue weighted by Gasteiger charge is 2.26. The number of nitrogens with zero attached hydrogens (tertiary/aromatic N) is 3. The van der Waals surface area contributed by atoms with E-state index in [0.29, 0.717) is 5.92 Å². The molecule has 0 aromatic carbocycles. The number of hydrogen-bond acceptors (Lipinski definition) is 3. The number of pyridine rings is 1. The van der Waals surface area contributed by atoms with Crippen LogP contribution in [0.2, 0.25) is 0 Å². The number of aromatic nitrogens is 2. The largest absolute Gasteiger partial charge is 0.357 e. The fraction of sp³-hybridized carbons (Fsp3) is 0.500. The maximum atomic E-state index is 5.88. The van der Waals surface area contributed by atoms with E-state index in [4.69, 9.17) is 5.73 Å². The monoisotopic (exact) mass is 244 g/mol. The first-order valence-electron chi connectivity index (χ1n) is 6.66. The number of hydrogen-bond donors (Lipinski definition) is 1. The summed E-state index contributed by atoms with van der Waals surface area (Å²) in [6.45, 7) is 5.24. The average molecular weight is 244 g/mol. The van der Waals surface area contributed by atoms with Crippen LogP contribution in [-0.2, 0) is 0 Å².